The Kier molecular flexibility index (Phi) is 1.91. The predicted molar refractivity (Wildman–Crippen MR) is 48.6 cm³/mol. The Balaban J connectivity index is 2.17. The maximum atomic E-state index is 12.6. The lowest BCUT2D eigenvalue weighted by atomic mass is 10.1. The zero-order valence-electron chi connectivity index (χ0n) is 7.76. The van der Waals surface area contributed by atoms with Crippen molar-refractivity contribution < 1.29 is 13.6 Å². The van der Waals surface area contributed by atoms with Crippen LogP contribution >= 0.6 is 0 Å². The molecule has 1 saturated carbocycles. The number of alkyl halides is 2. The van der Waals surface area contributed by atoms with Crippen LogP contribution in [0.15, 0.2) is 24.3 Å². The van der Waals surface area contributed by atoms with E-state index in [2.05, 4.69) is 0 Å². The van der Waals surface area contributed by atoms with Crippen molar-refractivity contribution in [3.05, 3.63) is 35.4 Å². The number of ketones is 1. The molecule has 74 valence electrons. The zero-order chi connectivity index (χ0) is 10.3. The van der Waals surface area contributed by atoms with Gasteiger partial charge < -0.3 is 0 Å². The van der Waals surface area contributed by atoms with Crippen LogP contribution < -0.4 is 0 Å². The monoisotopic (exact) mass is 196 g/mol. The molecule has 1 atom stereocenters. The van der Waals surface area contributed by atoms with E-state index < -0.39 is 17.6 Å². The molecule has 0 N–H and O–H groups in total. The summed E-state index contributed by atoms with van der Waals surface area (Å²) in [6, 6.07) is 6.72. The zero-order valence-corrected chi connectivity index (χ0v) is 7.76. The summed E-state index contributed by atoms with van der Waals surface area (Å²) in [6.45, 7) is 1.89. The van der Waals surface area contributed by atoms with Crippen LogP contribution in [0, 0.1) is 12.8 Å². The van der Waals surface area contributed by atoms with E-state index in [4.69, 9.17) is 0 Å². The van der Waals surface area contributed by atoms with E-state index in [9.17, 15) is 13.6 Å². The van der Waals surface area contributed by atoms with E-state index in [1.165, 1.54) is 0 Å². The molecule has 1 aromatic rings. The van der Waals surface area contributed by atoms with Gasteiger partial charge in [-0.2, -0.15) is 0 Å². The molecule has 0 aromatic heterocycles. The maximum Gasteiger partial charge on any atom is 0.259 e. The van der Waals surface area contributed by atoms with Gasteiger partial charge in [-0.3, -0.25) is 4.79 Å². The quantitative estimate of drug-likeness (QED) is 0.665. The van der Waals surface area contributed by atoms with Crippen LogP contribution in [0.3, 0.4) is 0 Å². The van der Waals surface area contributed by atoms with Crippen LogP contribution in [-0.4, -0.2) is 11.7 Å². The molecule has 0 bridgehead atoms. The van der Waals surface area contributed by atoms with Gasteiger partial charge in [-0.1, -0.05) is 29.8 Å². The lowest BCUT2D eigenvalue weighted by Gasteiger charge is -1.99. The molecule has 0 heterocycles. The standard InChI is InChI=1S/C11H10F2O/c1-7-2-4-8(5-3-7)10(14)9-6-11(9,12)13/h2-5,9H,6H2,1H3. The fraction of sp³-hybridized carbons (Fsp3) is 0.364. The minimum Gasteiger partial charge on any atom is -0.294 e. The van der Waals surface area contributed by atoms with Crippen LogP contribution in [-0.2, 0) is 0 Å². The fourth-order valence-corrected chi connectivity index (χ4v) is 1.42. The number of carbonyl (C=O) groups is 1. The predicted octanol–water partition coefficient (Wildman–Crippen LogP) is 2.83. The van der Waals surface area contributed by atoms with Crippen molar-refractivity contribution >= 4 is 5.78 Å². The molecule has 1 aliphatic carbocycles. The van der Waals surface area contributed by atoms with Gasteiger partial charge >= 0.3 is 0 Å². The molecule has 1 aliphatic rings. The van der Waals surface area contributed by atoms with Crippen molar-refractivity contribution in [2.45, 2.75) is 19.3 Å². The van der Waals surface area contributed by atoms with Gasteiger partial charge in [0.05, 0.1) is 5.92 Å². The van der Waals surface area contributed by atoms with E-state index >= 15 is 0 Å². The Hall–Kier alpha value is -1.25. The number of Topliss-reactive ketones (excluding diaryl/α,β-unsaturated/α-hetero) is 1. The Morgan fingerprint density at radius 1 is 1.36 bits per heavy atom. The lowest BCUT2D eigenvalue weighted by molar-refractivity contribution is 0.0757. The summed E-state index contributed by atoms with van der Waals surface area (Å²) in [5.74, 6) is -4.28. The number of hydrogen-bond donors (Lipinski definition) is 0. The molecule has 0 radical (unpaired) electrons. The Morgan fingerprint density at radius 2 is 1.86 bits per heavy atom. The van der Waals surface area contributed by atoms with Gasteiger partial charge in [0.25, 0.3) is 5.92 Å². The Labute approximate surface area is 80.7 Å². The minimum absolute atomic E-state index is 0.292. The number of aryl methyl sites for hydroxylation is 1. The van der Waals surface area contributed by atoms with E-state index in [0.29, 0.717) is 5.56 Å². The van der Waals surface area contributed by atoms with Crippen LogP contribution in [0.1, 0.15) is 22.3 Å². The topological polar surface area (TPSA) is 17.1 Å². The lowest BCUT2D eigenvalue weighted by Crippen LogP contribution is -2.07. The maximum absolute atomic E-state index is 12.6. The molecule has 1 fully saturated rings. The van der Waals surface area contributed by atoms with Crippen LogP contribution in [0.5, 0.6) is 0 Å². The van der Waals surface area contributed by atoms with Crippen LogP contribution in [0.4, 0.5) is 8.78 Å². The van der Waals surface area contributed by atoms with Crippen molar-refractivity contribution in [3.63, 3.8) is 0 Å². The van der Waals surface area contributed by atoms with Crippen molar-refractivity contribution in [1.29, 1.82) is 0 Å². The first-order chi connectivity index (χ1) is 6.50. The first-order valence-electron chi connectivity index (χ1n) is 4.49. The second-order valence-electron chi connectivity index (χ2n) is 3.75. The van der Waals surface area contributed by atoms with E-state index in [1.807, 2.05) is 6.92 Å². The molecule has 1 nitrogen and oxygen atoms in total. The molecule has 0 amide bonds. The highest BCUT2D eigenvalue weighted by atomic mass is 19.3. The van der Waals surface area contributed by atoms with Gasteiger partial charge in [-0.15, -0.1) is 0 Å². The number of hydrogen-bond acceptors (Lipinski definition) is 1. The third-order valence-corrected chi connectivity index (χ3v) is 2.48. The van der Waals surface area contributed by atoms with Gasteiger partial charge in [0.15, 0.2) is 5.78 Å². The normalized spacial score (nSPS) is 23.2. The van der Waals surface area contributed by atoms with Crippen LogP contribution in [0.25, 0.3) is 0 Å². The molecule has 1 unspecified atom stereocenters. The third-order valence-electron chi connectivity index (χ3n) is 2.48. The van der Waals surface area contributed by atoms with Crippen LogP contribution in [0.2, 0.25) is 0 Å². The number of benzene rings is 1. The van der Waals surface area contributed by atoms with E-state index in [1.54, 1.807) is 24.3 Å². The number of halogens is 2. The average molecular weight is 196 g/mol. The van der Waals surface area contributed by atoms with Gasteiger partial charge in [-0.05, 0) is 6.92 Å². The number of rotatable bonds is 2. The average Bonchev–Trinajstić information content (AvgIpc) is 2.75. The fourth-order valence-electron chi connectivity index (χ4n) is 1.42. The van der Waals surface area contributed by atoms with Crippen molar-refractivity contribution in [3.8, 4) is 0 Å². The molecule has 0 spiro atoms. The molecular weight excluding hydrogens is 186 g/mol. The molecule has 3 heteroatoms. The van der Waals surface area contributed by atoms with Crippen molar-refractivity contribution in [1.82, 2.24) is 0 Å². The van der Waals surface area contributed by atoms with Gasteiger partial charge in [0.1, 0.15) is 0 Å². The molecule has 0 aliphatic heterocycles. The third kappa shape index (κ3) is 1.54. The molecule has 2 rings (SSSR count). The summed E-state index contributed by atoms with van der Waals surface area (Å²) in [6.07, 6.45) is -0.292. The smallest absolute Gasteiger partial charge is 0.259 e. The summed E-state index contributed by atoms with van der Waals surface area (Å²) < 4.78 is 25.2. The summed E-state index contributed by atoms with van der Waals surface area (Å²) >= 11 is 0. The van der Waals surface area contributed by atoms with E-state index in [-0.39, 0.29) is 6.42 Å². The van der Waals surface area contributed by atoms with E-state index in [0.717, 1.165) is 5.56 Å². The highest BCUT2D eigenvalue weighted by molar-refractivity contribution is 6.00. The highest BCUT2D eigenvalue weighted by Gasteiger charge is 2.60. The van der Waals surface area contributed by atoms with Gasteiger partial charge in [0, 0.05) is 12.0 Å². The second kappa shape index (κ2) is 2.87. The Bertz CT molecular complexity index is 367. The SMILES string of the molecule is Cc1ccc(C(=O)C2CC2(F)F)cc1. The summed E-state index contributed by atoms with van der Waals surface area (Å²) in [4.78, 5) is 11.5. The second-order valence-corrected chi connectivity index (χ2v) is 3.75. The van der Waals surface area contributed by atoms with Crippen molar-refractivity contribution in [2.75, 3.05) is 0 Å². The Morgan fingerprint density at radius 3 is 2.29 bits per heavy atom. The number of carbonyl (C=O) groups excluding carboxylic acids is 1. The highest BCUT2D eigenvalue weighted by Crippen LogP contribution is 2.50. The molecule has 0 saturated heterocycles. The molecule has 14 heavy (non-hydrogen) atoms. The largest absolute Gasteiger partial charge is 0.294 e. The summed E-state index contributed by atoms with van der Waals surface area (Å²) in [5.41, 5.74) is 1.40. The van der Waals surface area contributed by atoms with Gasteiger partial charge in [0.2, 0.25) is 0 Å². The van der Waals surface area contributed by atoms with Gasteiger partial charge in [-0.25, -0.2) is 8.78 Å². The summed E-state index contributed by atoms with van der Waals surface area (Å²) in [7, 11) is 0. The minimum atomic E-state index is -2.76. The molecular formula is C11H10F2O. The van der Waals surface area contributed by atoms with Crippen molar-refractivity contribution in [2.24, 2.45) is 5.92 Å². The summed E-state index contributed by atoms with van der Waals surface area (Å²) in [5, 5.41) is 0. The first kappa shape index (κ1) is 9.31. The first-order valence-corrected chi connectivity index (χ1v) is 4.49. The molecule has 1 aromatic carbocycles.